The molecule has 4 rings (SSSR count). The van der Waals surface area contributed by atoms with Crippen LogP contribution in [-0.4, -0.2) is 62.3 Å². The van der Waals surface area contributed by atoms with Gasteiger partial charge in [0.05, 0.1) is 16.2 Å². The molecule has 0 bridgehead atoms. The third kappa shape index (κ3) is 6.86. The van der Waals surface area contributed by atoms with Crippen molar-refractivity contribution >= 4 is 15.7 Å². The number of piperazine rings is 1. The zero-order valence-electron chi connectivity index (χ0n) is 22.4. The Balaban J connectivity index is 1.80. The van der Waals surface area contributed by atoms with Crippen LogP contribution < -0.4 is 4.90 Å². The second-order valence-corrected chi connectivity index (χ2v) is 11.5. The van der Waals surface area contributed by atoms with E-state index in [-0.39, 0.29) is 16.4 Å². The molecule has 0 atom stereocenters. The lowest BCUT2D eigenvalue weighted by Crippen LogP contribution is -2.47. The van der Waals surface area contributed by atoms with Gasteiger partial charge in [-0.05, 0) is 30.2 Å². The molecule has 3 aromatic rings. The highest BCUT2D eigenvalue weighted by Crippen LogP contribution is 2.40. The van der Waals surface area contributed by atoms with Crippen LogP contribution in [0.3, 0.4) is 0 Å². The first-order valence-corrected chi connectivity index (χ1v) is 14.7. The average molecular weight is 569 g/mol. The van der Waals surface area contributed by atoms with Gasteiger partial charge in [-0.3, -0.25) is 4.90 Å². The molecular weight excluding hydrogens is 537 g/mol. The molecule has 0 spiro atoms. The van der Waals surface area contributed by atoms with Crippen LogP contribution in [0.25, 0.3) is 22.4 Å². The van der Waals surface area contributed by atoms with Gasteiger partial charge in [0.15, 0.2) is 9.84 Å². The standard InChI is InChI=1S/C30H31F3N4O2S/c1-4-9-22(10-5-2)21-36-17-19-37(20-18-36)28-26(23-11-7-6-8-12-23)27(34-29(35-28)30(31,32)33)24-13-15-25(16-14-24)40(3,38)39/h4-16H,1,17-21H2,2-3H3/b10-5-,22-9+. The van der Waals surface area contributed by atoms with E-state index in [9.17, 15) is 21.6 Å². The minimum Gasteiger partial charge on any atom is -0.353 e. The van der Waals surface area contributed by atoms with E-state index < -0.39 is 21.8 Å². The number of hydrogen-bond donors (Lipinski definition) is 0. The third-order valence-corrected chi connectivity index (χ3v) is 7.68. The van der Waals surface area contributed by atoms with E-state index in [2.05, 4.69) is 21.4 Å². The van der Waals surface area contributed by atoms with Gasteiger partial charge in [-0.25, -0.2) is 18.4 Å². The summed E-state index contributed by atoms with van der Waals surface area (Å²) in [4.78, 5) is 12.2. The number of benzene rings is 2. The first-order chi connectivity index (χ1) is 19.0. The van der Waals surface area contributed by atoms with Crippen molar-refractivity contribution in [3.05, 3.63) is 96.9 Å². The molecule has 10 heteroatoms. The van der Waals surface area contributed by atoms with Crippen molar-refractivity contribution in [2.75, 3.05) is 43.9 Å². The number of aromatic nitrogens is 2. The van der Waals surface area contributed by atoms with Crippen molar-refractivity contribution in [1.29, 1.82) is 0 Å². The summed E-state index contributed by atoms with van der Waals surface area (Å²) in [5.41, 5.74) is 2.69. The van der Waals surface area contributed by atoms with Gasteiger partial charge in [-0.15, -0.1) is 0 Å². The fourth-order valence-corrected chi connectivity index (χ4v) is 5.28. The lowest BCUT2D eigenvalue weighted by Gasteiger charge is -2.37. The maximum atomic E-state index is 14.1. The van der Waals surface area contributed by atoms with E-state index in [1.165, 1.54) is 24.3 Å². The fraction of sp³-hybridized carbons (Fsp3) is 0.267. The number of hydrogen-bond acceptors (Lipinski definition) is 6. The van der Waals surface area contributed by atoms with E-state index in [1.807, 2.05) is 48.3 Å². The SMILES string of the molecule is C=C/C=C(\C=C/C)CN1CCN(c2nc(C(F)(F)F)nc(-c3ccc(S(C)(=O)=O)cc3)c2-c2ccccc2)CC1. The molecule has 0 saturated carbocycles. The molecule has 0 N–H and O–H groups in total. The minimum atomic E-state index is -4.77. The normalized spacial score (nSPS) is 15.5. The topological polar surface area (TPSA) is 66.4 Å². The average Bonchev–Trinajstić information content (AvgIpc) is 2.93. The maximum Gasteiger partial charge on any atom is 0.451 e. The van der Waals surface area contributed by atoms with Gasteiger partial charge in [-0.1, -0.05) is 73.3 Å². The van der Waals surface area contributed by atoms with E-state index in [0.717, 1.165) is 11.8 Å². The van der Waals surface area contributed by atoms with Gasteiger partial charge in [-0.2, -0.15) is 13.2 Å². The Hall–Kier alpha value is -3.76. The van der Waals surface area contributed by atoms with Crippen LogP contribution in [0.4, 0.5) is 19.0 Å². The number of anilines is 1. The van der Waals surface area contributed by atoms with Crippen molar-refractivity contribution in [3.8, 4) is 22.4 Å². The van der Waals surface area contributed by atoms with E-state index >= 15 is 0 Å². The zero-order valence-corrected chi connectivity index (χ0v) is 23.2. The molecule has 40 heavy (non-hydrogen) atoms. The lowest BCUT2D eigenvalue weighted by molar-refractivity contribution is -0.144. The van der Waals surface area contributed by atoms with Gasteiger partial charge < -0.3 is 4.90 Å². The molecule has 0 radical (unpaired) electrons. The molecule has 210 valence electrons. The lowest BCUT2D eigenvalue weighted by atomic mass is 9.98. The zero-order chi connectivity index (χ0) is 28.9. The molecule has 2 heterocycles. The van der Waals surface area contributed by atoms with Gasteiger partial charge in [0.2, 0.25) is 5.82 Å². The Bertz CT molecular complexity index is 1510. The van der Waals surface area contributed by atoms with Gasteiger partial charge in [0, 0.05) is 44.5 Å². The van der Waals surface area contributed by atoms with Crippen molar-refractivity contribution in [1.82, 2.24) is 14.9 Å². The van der Waals surface area contributed by atoms with E-state index in [1.54, 1.807) is 18.2 Å². The largest absolute Gasteiger partial charge is 0.451 e. The predicted molar refractivity (Wildman–Crippen MR) is 153 cm³/mol. The number of allylic oxidation sites excluding steroid dienone is 3. The van der Waals surface area contributed by atoms with E-state index in [4.69, 9.17) is 0 Å². The molecule has 1 aliphatic heterocycles. The van der Waals surface area contributed by atoms with Crippen LogP contribution in [0.1, 0.15) is 12.7 Å². The van der Waals surface area contributed by atoms with Gasteiger partial charge >= 0.3 is 6.18 Å². The monoisotopic (exact) mass is 568 g/mol. The van der Waals surface area contributed by atoms with Crippen LogP contribution in [0.15, 0.2) is 95.9 Å². The Morgan fingerprint density at radius 2 is 1.62 bits per heavy atom. The van der Waals surface area contributed by atoms with Crippen molar-refractivity contribution in [2.45, 2.75) is 18.0 Å². The molecule has 1 saturated heterocycles. The summed E-state index contributed by atoms with van der Waals surface area (Å²) < 4.78 is 66.2. The second-order valence-electron chi connectivity index (χ2n) is 9.50. The van der Waals surface area contributed by atoms with Crippen LogP contribution in [0, 0.1) is 0 Å². The molecule has 6 nitrogen and oxygen atoms in total. The number of sulfone groups is 1. The summed E-state index contributed by atoms with van der Waals surface area (Å²) in [6, 6.07) is 14.8. The summed E-state index contributed by atoms with van der Waals surface area (Å²) in [5, 5.41) is 0. The van der Waals surface area contributed by atoms with Crippen LogP contribution in [-0.2, 0) is 16.0 Å². The smallest absolute Gasteiger partial charge is 0.353 e. The molecule has 1 fully saturated rings. The number of alkyl halides is 3. The number of rotatable bonds is 8. The van der Waals surface area contributed by atoms with Gasteiger partial charge in [0.1, 0.15) is 5.82 Å². The van der Waals surface area contributed by atoms with Crippen LogP contribution >= 0.6 is 0 Å². The first kappa shape index (κ1) is 29.2. The van der Waals surface area contributed by atoms with Crippen LogP contribution in [0.2, 0.25) is 0 Å². The Kier molecular flexibility index (Phi) is 8.90. The second kappa shape index (κ2) is 12.2. The van der Waals surface area contributed by atoms with Crippen molar-refractivity contribution < 1.29 is 21.6 Å². The Labute approximate surface area is 233 Å². The molecule has 2 aromatic carbocycles. The summed E-state index contributed by atoms with van der Waals surface area (Å²) in [7, 11) is -3.48. The van der Waals surface area contributed by atoms with Crippen molar-refractivity contribution in [3.63, 3.8) is 0 Å². The highest BCUT2D eigenvalue weighted by molar-refractivity contribution is 7.90. The van der Waals surface area contributed by atoms with Crippen molar-refractivity contribution in [2.24, 2.45) is 0 Å². The number of nitrogens with zero attached hydrogens (tertiary/aromatic N) is 4. The Morgan fingerprint density at radius 1 is 0.975 bits per heavy atom. The molecule has 1 aromatic heterocycles. The van der Waals surface area contributed by atoms with Crippen LogP contribution in [0.5, 0.6) is 0 Å². The third-order valence-electron chi connectivity index (χ3n) is 6.55. The fourth-order valence-electron chi connectivity index (χ4n) is 4.65. The quantitative estimate of drug-likeness (QED) is 0.309. The van der Waals surface area contributed by atoms with E-state index in [0.29, 0.717) is 49.4 Å². The highest BCUT2D eigenvalue weighted by Gasteiger charge is 2.38. The molecule has 0 aliphatic carbocycles. The predicted octanol–water partition coefficient (Wildman–Crippen LogP) is 6.04. The molecule has 0 unspecified atom stereocenters. The minimum absolute atomic E-state index is 0.0711. The highest BCUT2D eigenvalue weighted by atomic mass is 32.2. The summed E-state index contributed by atoms with van der Waals surface area (Å²) >= 11 is 0. The summed E-state index contributed by atoms with van der Waals surface area (Å²) in [6.45, 7) is 8.61. The molecule has 0 amide bonds. The molecular formula is C30H31F3N4O2S. The van der Waals surface area contributed by atoms with Gasteiger partial charge in [0.25, 0.3) is 0 Å². The number of halogens is 3. The molecule has 1 aliphatic rings. The summed E-state index contributed by atoms with van der Waals surface area (Å²) in [5.74, 6) is -1.04. The first-order valence-electron chi connectivity index (χ1n) is 12.8. The Morgan fingerprint density at radius 3 is 2.17 bits per heavy atom. The summed E-state index contributed by atoms with van der Waals surface area (Å²) in [6.07, 6.45) is 3.97. The maximum absolute atomic E-state index is 14.1.